The molecule has 2 aromatic heterocycles. The lowest BCUT2D eigenvalue weighted by molar-refractivity contribution is -0.119. The molecule has 130 valence electrons. The van der Waals surface area contributed by atoms with Gasteiger partial charge in [0, 0.05) is 23.5 Å². The molecule has 1 aromatic carbocycles. The molecule has 0 bridgehead atoms. The fourth-order valence-corrected chi connectivity index (χ4v) is 2.70. The van der Waals surface area contributed by atoms with Gasteiger partial charge in [0.1, 0.15) is 6.04 Å². The zero-order valence-corrected chi connectivity index (χ0v) is 15.3. The predicted molar refractivity (Wildman–Crippen MR) is 98.1 cm³/mol. The van der Waals surface area contributed by atoms with E-state index in [0.717, 1.165) is 5.56 Å². The van der Waals surface area contributed by atoms with Crippen molar-refractivity contribution in [3.63, 3.8) is 0 Å². The summed E-state index contributed by atoms with van der Waals surface area (Å²) in [6.45, 7) is 4.11. The lowest BCUT2D eigenvalue weighted by Crippen LogP contribution is -2.24. The van der Waals surface area contributed by atoms with Crippen LogP contribution in [0.5, 0.6) is 0 Å². The Kier molecular flexibility index (Phi) is 5.11. The largest absolute Gasteiger partial charge is 0.307 e. The van der Waals surface area contributed by atoms with Crippen LogP contribution < -0.4 is 5.32 Å². The van der Waals surface area contributed by atoms with Crippen LogP contribution in [0.25, 0.3) is 0 Å². The summed E-state index contributed by atoms with van der Waals surface area (Å²) in [5.74, 6) is 0.265. The normalized spacial score (nSPS) is 12.2. The van der Waals surface area contributed by atoms with Crippen molar-refractivity contribution in [1.29, 1.82) is 0 Å². The number of hydrogen-bond donors (Lipinski definition) is 1. The maximum absolute atomic E-state index is 12.4. The Morgan fingerprint density at radius 3 is 2.76 bits per heavy atom. The minimum Gasteiger partial charge on any atom is -0.307 e. The van der Waals surface area contributed by atoms with E-state index in [1.54, 1.807) is 37.0 Å². The molecule has 1 N–H and O–H groups in total. The third-order valence-electron chi connectivity index (χ3n) is 3.76. The molecule has 3 aromatic rings. The van der Waals surface area contributed by atoms with Crippen molar-refractivity contribution in [2.75, 3.05) is 5.32 Å². The van der Waals surface area contributed by atoms with Gasteiger partial charge in [-0.05, 0) is 31.5 Å². The van der Waals surface area contributed by atoms with Gasteiger partial charge in [-0.3, -0.25) is 14.2 Å². The first-order chi connectivity index (χ1) is 11.9. The van der Waals surface area contributed by atoms with Gasteiger partial charge in [-0.15, -0.1) is 0 Å². The van der Waals surface area contributed by atoms with E-state index < -0.39 is 6.04 Å². The standard InChI is InChI=1S/C17H17Cl2N5O/c1-11-15(19)10-24(21-11)12(2)17(25)20-16-6-7-23(22-16)9-13-4-3-5-14(18)8-13/h3-8,10,12H,9H2,1-2H3,(H,20,22,25). The highest BCUT2D eigenvalue weighted by atomic mass is 35.5. The number of aryl methyl sites for hydroxylation is 1. The second kappa shape index (κ2) is 7.29. The van der Waals surface area contributed by atoms with Crippen LogP contribution in [0.3, 0.4) is 0 Å². The van der Waals surface area contributed by atoms with Gasteiger partial charge in [0.05, 0.1) is 17.3 Å². The third kappa shape index (κ3) is 4.21. The maximum Gasteiger partial charge on any atom is 0.250 e. The van der Waals surface area contributed by atoms with Crippen LogP contribution in [-0.4, -0.2) is 25.5 Å². The highest BCUT2D eigenvalue weighted by Crippen LogP contribution is 2.17. The van der Waals surface area contributed by atoms with Crippen LogP contribution >= 0.6 is 23.2 Å². The average Bonchev–Trinajstić information content (AvgIpc) is 3.13. The minimum atomic E-state index is -0.496. The summed E-state index contributed by atoms with van der Waals surface area (Å²) in [5, 5.41) is 12.6. The monoisotopic (exact) mass is 377 g/mol. The molecule has 1 atom stereocenters. The number of amides is 1. The van der Waals surface area contributed by atoms with Gasteiger partial charge in [-0.1, -0.05) is 35.3 Å². The summed E-state index contributed by atoms with van der Waals surface area (Å²) in [6, 6.07) is 8.82. The van der Waals surface area contributed by atoms with Crippen molar-refractivity contribution >= 4 is 34.9 Å². The van der Waals surface area contributed by atoms with Gasteiger partial charge >= 0.3 is 0 Å². The Morgan fingerprint density at radius 2 is 2.08 bits per heavy atom. The van der Waals surface area contributed by atoms with Gasteiger partial charge in [-0.25, -0.2) is 0 Å². The smallest absolute Gasteiger partial charge is 0.250 e. The molecular formula is C17H17Cl2N5O. The lowest BCUT2D eigenvalue weighted by Gasteiger charge is -2.11. The second-order valence-electron chi connectivity index (χ2n) is 5.74. The highest BCUT2D eigenvalue weighted by Gasteiger charge is 2.18. The number of rotatable bonds is 5. The number of nitrogens with zero attached hydrogens (tertiary/aromatic N) is 4. The summed E-state index contributed by atoms with van der Waals surface area (Å²) in [6.07, 6.45) is 3.44. The summed E-state index contributed by atoms with van der Waals surface area (Å²) in [7, 11) is 0. The molecule has 8 heteroatoms. The minimum absolute atomic E-state index is 0.216. The van der Waals surface area contributed by atoms with Crippen LogP contribution in [0.1, 0.15) is 24.2 Å². The number of halogens is 2. The molecule has 0 aliphatic heterocycles. The topological polar surface area (TPSA) is 64.7 Å². The summed E-state index contributed by atoms with van der Waals surface area (Å²) < 4.78 is 3.27. The number of anilines is 1. The molecular weight excluding hydrogens is 361 g/mol. The molecule has 25 heavy (non-hydrogen) atoms. The predicted octanol–water partition coefficient (Wildman–Crippen LogP) is 3.94. The number of aromatic nitrogens is 4. The van der Waals surface area contributed by atoms with Crippen molar-refractivity contribution in [1.82, 2.24) is 19.6 Å². The molecule has 0 aliphatic rings. The summed E-state index contributed by atoms with van der Waals surface area (Å²) >= 11 is 12.0. The van der Waals surface area contributed by atoms with E-state index in [1.165, 1.54) is 4.68 Å². The van der Waals surface area contributed by atoms with Gasteiger partial charge in [0.25, 0.3) is 0 Å². The van der Waals surface area contributed by atoms with Gasteiger partial charge < -0.3 is 5.32 Å². The van der Waals surface area contributed by atoms with E-state index in [9.17, 15) is 4.79 Å². The molecule has 1 amide bonds. The van der Waals surface area contributed by atoms with Crippen LogP contribution in [0.2, 0.25) is 10.0 Å². The molecule has 0 saturated heterocycles. The van der Waals surface area contributed by atoms with E-state index in [1.807, 2.05) is 24.3 Å². The Hall–Kier alpha value is -2.31. The molecule has 0 saturated carbocycles. The van der Waals surface area contributed by atoms with Gasteiger partial charge in [0.15, 0.2) is 5.82 Å². The Bertz CT molecular complexity index is 883. The Balaban J connectivity index is 1.65. The molecule has 0 aliphatic carbocycles. The van der Waals surface area contributed by atoms with Crippen LogP contribution in [-0.2, 0) is 11.3 Å². The molecule has 0 fully saturated rings. The quantitative estimate of drug-likeness (QED) is 0.731. The van der Waals surface area contributed by atoms with Crippen molar-refractivity contribution in [2.45, 2.75) is 26.4 Å². The highest BCUT2D eigenvalue weighted by molar-refractivity contribution is 6.31. The maximum atomic E-state index is 12.4. The third-order valence-corrected chi connectivity index (χ3v) is 4.36. The first-order valence-electron chi connectivity index (χ1n) is 7.72. The summed E-state index contributed by atoms with van der Waals surface area (Å²) in [5.41, 5.74) is 1.72. The lowest BCUT2D eigenvalue weighted by atomic mass is 10.2. The number of nitrogens with one attached hydrogen (secondary N) is 1. The first-order valence-corrected chi connectivity index (χ1v) is 8.48. The molecule has 0 spiro atoms. The SMILES string of the molecule is Cc1nn(C(C)C(=O)Nc2ccn(Cc3cccc(Cl)c3)n2)cc1Cl. The number of hydrogen-bond acceptors (Lipinski definition) is 3. The molecule has 2 heterocycles. The second-order valence-corrected chi connectivity index (χ2v) is 6.58. The van der Waals surface area contributed by atoms with Crippen molar-refractivity contribution < 1.29 is 4.79 Å². The van der Waals surface area contributed by atoms with Gasteiger partial charge in [-0.2, -0.15) is 10.2 Å². The van der Waals surface area contributed by atoms with Crippen molar-refractivity contribution in [3.8, 4) is 0 Å². The Labute approximate surface area is 155 Å². The fraction of sp³-hybridized carbons (Fsp3) is 0.235. The van der Waals surface area contributed by atoms with E-state index in [0.29, 0.717) is 28.1 Å². The van der Waals surface area contributed by atoms with Crippen LogP contribution in [0.4, 0.5) is 5.82 Å². The zero-order chi connectivity index (χ0) is 18.0. The van der Waals surface area contributed by atoms with Crippen molar-refractivity contribution in [2.24, 2.45) is 0 Å². The number of carbonyl (C=O) groups is 1. The molecule has 6 nitrogen and oxygen atoms in total. The Morgan fingerprint density at radius 1 is 1.28 bits per heavy atom. The average molecular weight is 378 g/mol. The van der Waals surface area contributed by atoms with Crippen molar-refractivity contribution in [3.05, 3.63) is 64.0 Å². The van der Waals surface area contributed by atoms with E-state index in [-0.39, 0.29) is 5.91 Å². The fourth-order valence-electron chi connectivity index (χ4n) is 2.35. The number of carbonyl (C=O) groups excluding carboxylic acids is 1. The molecule has 1 unspecified atom stereocenters. The van der Waals surface area contributed by atoms with Crippen LogP contribution in [0, 0.1) is 6.92 Å². The molecule has 3 rings (SSSR count). The van der Waals surface area contributed by atoms with E-state index in [4.69, 9.17) is 23.2 Å². The number of benzene rings is 1. The van der Waals surface area contributed by atoms with E-state index >= 15 is 0 Å². The van der Waals surface area contributed by atoms with Crippen LogP contribution in [0.15, 0.2) is 42.7 Å². The van der Waals surface area contributed by atoms with Gasteiger partial charge in [0.2, 0.25) is 5.91 Å². The summed E-state index contributed by atoms with van der Waals surface area (Å²) in [4.78, 5) is 12.4. The molecule has 0 radical (unpaired) electrons. The first kappa shape index (κ1) is 17.5. The van der Waals surface area contributed by atoms with E-state index in [2.05, 4.69) is 15.5 Å². The zero-order valence-electron chi connectivity index (χ0n) is 13.8.